The van der Waals surface area contributed by atoms with E-state index in [2.05, 4.69) is 103 Å². The normalized spacial score (nSPS) is 16.5. The Morgan fingerprint density at radius 2 is 1.21 bits per heavy atom. The predicted molar refractivity (Wildman–Crippen MR) is 197 cm³/mol. The van der Waals surface area contributed by atoms with E-state index in [0.29, 0.717) is 5.57 Å². The topological polar surface area (TPSA) is 55.8 Å². The minimum absolute atomic E-state index is 0.0918. The Morgan fingerprint density at radius 1 is 0.723 bits per heavy atom. The van der Waals surface area contributed by atoms with Crippen molar-refractivity contribution >= 4 is 44.9 Å². The molecule has 1 aliphatic rings. The number of carbonyl (C=O) groups excluding carboxylic acids is 2. The van der Waals surface area contributed by atoms with E-state index in [9.17, 15) is 9.59 Å². The van der Waals surface area contributed by atoms with Crippen molar-refractivity contribution in [3.8, 4) is 5.75 Å². The Hall–Kier alpha value is -4.21. The van der Waals surface area contributed by atoms with Crippen LogP contribution in [0.1, 0.15) is 52.7 Å². The summed E-state index contributed by atoms with van der Waals surface area (Å²) >= 11 is 0. The quantitative estimate of drug-likeness (QED) is 0.0791. The average molecular weight is 662 g/mol. The number of esters is 1. The molecule has 1 aliphatic heterocycles. The SMILES string of the molecule is CC(C)(C)[Si](Oc1ccc(/C=C2\C(=O)N([Si](C)(C)C(C)(C)C)C2C(=O)OCc2ccccc2)cc1)(c1ccccc1)c1ccccc1. The molecule has 7 heteroatoms. The molecule has 1 atom stereocenters. The second-order valence-electron chi connectivity index (χ2n) is 14.9. The predicted octanol–water partition coefficient (Wildman–Crippen LogP) is 7.97. The molecule has 4 aromatic carbocycles. The zero-order chi connectivity index (χ0) is 34.0. The number of hydrogen-bond acceptors (Lipinski definition) is 4. The van der Waals surface area contributed by atoms with E-state index in [-0.39, 0.29) is 22.6 Å². The molecule has 4 aromatic rings. The van der Waals surface area contributed by atoms with Crippen LogP contribution in [0.4, 0.5) is 0 Å². The third-order valence-electron chi connectivity index (χ3n) is 9.79. The first-order valence-corrected chi connectivity index (χ1v) is 21.2. The monoisotopic (exact) mass is 661 g/mol. The van der Waals surface area contributed by atoms with Crippen LogP contribution in [0.2, 0.25) is 23.2 Å². The second kappa shape index (κ2) is 13.1. The van der Waals surface area contributed by atoms with E-state index in [0.717, 1.165) is 16.9 Å². The fourth-order valence-corrected chi connectivity index (χ4v) is 12.9. The van der Waals surface area contributed by atoms with Gasteiger partial charge in [-0.1, -0.05) is 158 Å². The molecule has 1 fully saturated rings. The molecular formula is C40H47NO4Si2. The van der Waals surface area contributed by atoms with Crippen molar-refractivity contribution in [1.82, 2.24) is 4.57 Å². The minimum Gasteiger partial charge on any atom is -0.534 e. The lowest BCUT2D eigenvalue weighted by Gasteiger charge is -2.54. The number of hydrogen-bond donors (Lipinski definition) is 0. The van der Waals surface area contributed by atoms with Crippen LogP contribution in [0.5, 0.6) is 5.75 Å². The van der Waals surface area contributed by atoms with E-state index < -0.39 is 28.6 Å². The molecule has 1 unspecified atom stereocenters. The van der Waals surface area contributed by atoms with Crippen molar-refractivity contribution in [2.75, 3.05) is 0 Å². The van der Waals surface area contributed by atoms with Gasteiger partial charge in [-0.25, -0.2) is 4.79 Å². The van der Waals surface area contributed by atoms with Gasteiger partial charge in [-0.3, -0.25) is 4.79 Å². The molecule has 0 spiro atoms. The molecule has 5 rings (SSSR count). The van der Waals surface area contributed by atoms with Crippen LogP contribution >= 0.6 is 0 Å². The second-order valence-corrected chi connectivity index (χ2v) is 24.2. The zero-order valence-corrected chi connectivity index (χ0v) is 30.9. The Kier molecular flexibility index (Phi) is 9.53. The maximum Gasteiger partial charge on any atom is 0.333 e. The van der Waals surface area contributed by atoms with Gasteiger partial charge in [0.1, 0.15) is 12.4 Å². The molecule has 5 nitrogen and oxygen atoms in total. The van der Waals surface area contributed by atoms with Crippen LogP contribution < -0.4 is 14.8 Å². The zero-order valence-electron chi connectivity index (χ0n) is 28.9. The lowest BCUT2D eigenvalue weighted by molar-refractivity contribution is -0.156. The Labute approximate surface area is 282 Å². The summed E-state index contributed by atoms with van der Waals surface area (Å²) in [5.74, 6) is 0.283. The van der Waals surface area contributed by atoms with E-state index in [1.165, 1.54) is 10.4 Å². The highest BCUT2D eigenvalue weighted by Crippen LogP contribution is 2.45. The van der Waals surface area contributed by atoms with Gasteiger partial charge in [0.15, 0.2) is 14.3 Å². The molecule has 0 saturated carbocycles. The summed E-state index contributed by atoms with van der Waals surface area (Å²) in [6.07, 6.45) is 1.84. The van der Waals surface area contributed by atoms with Gasteiger partial charge < -0.3 is 13.7 Å². The van der Waals surface area contributed by atoms with E-state index in [1.807, 2.05) is 77.4 Å². The molecule has 0 aromatic heterocycles. The van der Waals surface area contributed by atoms with Crippen LogP contribution in [0.3, 0.4) is 0 Å². The molecule has 0 aliphatic carbocycles. The largest absolute Gasteiger partial charge is 0.534 e. The van der Waals surface area contributed by atoms with Crippen LogP contribution in [0, 0.1) is 0 Å². The molecule has 1 saturated heterocycles. The molecule has 1 amide bonds. The van der Waals surface area contributed by atoms with E-state index in [1.54, 1.807) is 0 Å². The number of nitrogens with zero attached hydrogens (tertiary/aromatic N) is 1. The van der Waals surface area contributed by atoms with Crippen LogP contribution in [-0.2, 0) is 20.9 Å². The number of benzene rings is 4. The maximum absolute atomic E-state index is 13.8. The van der Waals surface area contributed by atoms with Gasteiger partial charge in [0.2, 0.25) is 5.91 Å². The smallest absolute Gasteiger partial charge is 0.333 e. The first-order valence-electron chi connectivity index (χ1n) is 16.3. The fraction of sp³-hybridized carbons (Fsp3) is 0.300. The standard InChI is InChI=1S/C40H47NO4Si2/c1-39(2,3)46(7,8)41-36(38(43)44-29-31-18-12-9-13-19-31)35(37(41)42)28-30-24-26-32(27-25-30)45-47(40(4,5)6,33-20-14-10-15-21-33)34-22-16-11-17-23-34/h9-28,36H,29H2,1-8H3/b35-28-. The third-order valence-corrected chi connectivity index (χ3v) is 20.1. The number of carbonyl (C=O) groups is 2. The summed E-state index contributed by atoms with van der Waals surface area (Å²) in [5.41, 5.74) is 2.21. The minimum atomic E-state index is -2.79. The van der Waals surface area contributed by atoms with Gasteiger partial charge in [-0.05, 0) is 49.8 Å². The lowest BCUT2D eigenvalue weighted by atomic mass is 9.95. The van der Waals surface area contributed by atoms with Gasteiger partial charge in [0.25, 0.3) is 0 Å². The van der Waals surface area contributed by atoms with E-state index >= 15 is 0 Å². The van der Waals surface area contributed by atoms with Gasteiger partial charge in [0.05, 0.1) is 0 Å². The Balaban J connectivity index is 1.47. The molecule has 0 bridgehead atoms. The molecular weight excluding hydrogens is 615 g/mol. The maximum atomic E-state index is 13.8. The number of ether oxygens (including phenoxy) is 1. The van der Waals surface area contributed by atoms with E-state index in [4.69, 9.17) is 9.16 Å². The van der Waals surface area contributed by atoms with Crippen molar-refractivity contribution in [3.63, 3.8) is 0 Å². The summed E-state index contributed by atoms with van der Waals surface area (Å²) < 4.78 is 14.8. The first-order chi connectivity index (χ1) is 22.2. The summed E-state index contributed by atoms with van der Waals surface area (Å²) in [7, 11) is -5.16. The van der Waals surface area contributed by atoms with Crippen molar-refractivity contribution < 1.29 is 18.8 Å². The van der Waals surface area contributed by atoms with Crippen LogP contribution in [-0.4, -0.2) is 39.0 Å². The Morgan fingerprint density at radius 3 is 1.68 bits per heavy atom. The summed E-state index contributed by atoms with van der Waals surface area (Å²) in [6.45, 7) is 17.7. The highest BCUT2D eigenvalue weighted by Gasteiger charge is 2.58. The summed E-state index contributed by atoms with van der Waals surface area (Å²) in [6, 6.07) is 37.9. The van der Waals surface area contributed by atoms with Gasteiger partial charge >= 0.3 is 14.3 Å². The van der Waals surface area contributed by atoms with Crippen LogP contribution in [0.15, 0.2) is 121 Å². The highest BCUT2D eigenvalue weighted by molar-refractivity contribution is 7.00. The number of rotatable bonds is 9. The van der Waals surface area contributed by atoms with Gasteiger partial charge in [-0.2, -0.15) is 0 Å². The summed E-state index contributed by atoms with van der Waals surface area (Å²) in [4.78, 5) is 27.4. The van der Waals surface area contributed by atoms with Gasteiger partial charge in [0, 0.05) is 5.57 Å². The molecule has 0 N–H and O–H groups in total. The Bertz CT molecular complexity index is 1680. The first kappa shape index (κ1) is 34.1. The van der Waals surface area contributed by atoms with Crippen molar-refractivity contribution in [1.29, 1.82) is 0 Å². The van der Waals surface area contributed by atoms with Crippen molar-refractivity contribution in [3.05, 3.63) is 132 Å². The molecule has 244 valence electrons. The highest BCUT2D eigenvalue weighted by atomic mass is 28.4. The molecule has 0 radical (unpaired) electrons. The lowest BCUT2D eigenvalue weighted by Crippen LogP contribution is -2.71. The van der Waals surface area contributed by atoms with Crippen molar-refractivity contribution in [2.24, 2.45) is 0 Å². The fourth-order valence-electron chi connectivity index (χ4n) is 6.20. The summed E-state index contributed by atoms with van der Waals surface area (Å²) in [5, 5.41) is 2.10. The molecule has 47 heavy (non-hydrogen) atoms. The third kappa shape index (κ3) is 6.65. The van der Waals surface area contributed by atoms with Gasteiger partial charge in [-0.15, -0.1) is 0 Å². The number of amides is 1. The average Bonchev–Trinajstić information content (AvgIpc) is 3.04. The van der Waals surface area contributed by atoms with Crippen molar-refractivity contribution in [2.45, 2.75) is 77.4 Å². The van der Waals surface area contributed by atoms with Crippen LogP contribution in [0.25, 0.3) is 6.08 Å². The number of β-lactam (4-membered cyclic amide) rings is 1. The molecule has 1 heterocycles.